The van der Waals surface area contributed by atoms with Crippen LogP contribution in [-0.2, 0) is 14.4 Å². The number of carbonyl (C=O) groups is 3. The molecule has 2 aromatic rings. The number of carboxylic acids is 2. The van der Waals surface area contributed by atoms with Crippen molar-refractivity contribution in [3.05, 3.63) is 60.2 Å². The van der Waals surface area contributed by atoms with Gasteiger partial charge >= 0.3 is 11.9 Å². The molecule has 3 rings (SSSR count). The predicted molar refractivity (Wildman–Crippen MR) is 113 cm³/mol. The van der Waals surface area contributed by atoms with Gasteiger partial charge in [0.05, 0.1) is 23.8 Å². The van der Waals surface area contributed by atoms with Gasteiger partial charge in [0.1, 0.15) is 0 Å². The summed E-state index contributed by atoms with van der Waals surface area (Å²) in [5.41, 5.74) is 2.94. The van der Waals surface area contributed by atoms with Crippen molar-refractivity contribution >= 4 is 17.8 Å². The fraction of sp³-hybridized carbons (Fsp3) is 0.375. The average molecular weight is 409 g/mol. The Labute approximate surface area is 176 Å². The Morgan fingerprint density at radius 1 is 0.933 bits per heavy atom. The van der Waals surface area contributed by atoms with Gasteiger partial charge in [0.15, 0.2) is 0 Å². The van der Waals surface area contributed by atoms with Crippen molar-refractivity contribution in [1.82, 2.24) is 4.90 Å². The van der Waals surface area contributed by atoms with E-state index in [1.807, 2.05) is 54.6 Å². The van der Waals surface area contributed by atoms with Crippen LogP contribution in [0.25, 0.3) is 11.1 Å². The zero-order valence-corrected chi connectivity index (χ0v) is 17.2. The third kappa shape index (κ3) is 4.53. The molecular formula is C24H27NO5. The van der Waals surface area contributed by atoms with Crippen LogP contribution in [0.2, 0.25) is 0 Å². The van der Waals surface area contributed by atoms with Crippen molar-refractivity contribution in [1.29, 1.82) is 0 Å². The summed E-state index contributed by atoms with van der Waals surface area (Å²) >= 11 is 0. The van der Waals surface area contributed by atoms with Crippen LogP contribution in [-0.4, -0.2) is 40.0 Å². The normalized spacial score (nSPS) is 19.9. The summed E-state index contributed by atoms with van der Waals surface area (Å²) in [7, 11) is 1.64. The van der Waals surface area contributed by atoms with E-state index in [0.29, 0.717) is 12.8 Å². The third-order valence-electron chi connectivity index (χ3n) is 6.12. The molecular weight excluding hydrogens is 382 g/mol. The van der Waals surface area contributed by atoms with Crippen molar-refractivity contribution in [2.75, 3.05) is 7.05 Å². The van der Waals surface area contributed by atoms with Gasteiger partial charge in [-0.15, -0.1) is 0 Å². The van der Waals surface area contributed by atoms with Crippen molar-refractivity contribution in [3.8, 4) is 11.1 Å². The van der Waals surface area contributed by atoms with Crippen molar-refractivity contribution in [2.24, 2.45) is 17.8 Å². The predicted octanol–water partition coefficient (Wildman–Crippen LogP) is 4.07. The van der Waals surface area contributed by atoms with Gasteiger partial charge in [-0.1, -0.05) is 61.5 Å². The Morgan fingerprint density at radius 3 is 2.00 bits per heavy atom. The molecule has 4 atom stereocenters. The van der Waals surface area contributed by atoms with E-state index in [4.69, 9.17) is 0 Å². The number of hydrogen-bond donors (Lipinski definition) is 2. The molecule has 2 N–H and O–H groups in total. The number of nitrogens with zero attached hydrogens (tertiary/aromatic N) is 1. The summed E-state index contributed by atoms with van der Waals surface area (Å²) in [5, 5.41) is 18.7. The molecule has 1 amide bonds. The maximum absolute atomic E-state index is 13.0. The summed E-state index contributed by atoms with van der Waals surface area (Å²) in [6.07, 6.45) is 1.31. The van der Waals surface area contributed by atoms with Crippen LogP contribution in [0.4, 0.5) is 0 Å². The van der Waals surface area contributed by atoms with E-state index in [1.165, 1.54) is 4.90 Å². The highest BCUT2D eigenvalue weighted by molar-refractivity contribution is 5.86. The van der Waals surface area contributed by atoms with Crippen molar-refractivity contribution in [2.45, 2.75) is 32.2 Å². The minimum atomic E-state index is -0.948. The summed E-state index contributed by atoms with van der Waals surface area (Å²) in [6, 6.07) is 17.2. The van der Waals surface area contributed by atoms with Gasteiger partial charge in [0.2, 0.25) is 5.91 Å². The topological polar surface area (TPSA) is 94.9 Å². The lowest BCUT2D eigenvalue weighted by Crippen LogP contribution is -2.46. The smallest absolute Gasteiger partial charge is 0.307 e. The lowest BCUT2D eigenvalue weighted by atomic mass is 9.72. The van der Waals surface area contributed by atoms with Crippen LogP contribution in [0.5, 0.6) is 0 Å². The van der Waals surface area contributed by atoms with Crippen LogP contribution in [0.3, 0.4) is 0 Å². The summed E-state index contributed by atoms with van der Waals surface area (Å²) in [6.45, 7) is 1.62. The molecule has 158 valence electrons. The van der Waals surface area contributed by atoms with Crippen molar-refractivity contribution in [3.63, 3.8) is 0 Å². The zero-order valence-electron chi connectivity index (χ0n) is 17.2. The van der Waals surface area contributed by atoms with Gasteiger partial charge in [-0.3, -0.25) is 14.4 Å². The minimum absolute atomic E-state index is 0.233. The molecule has 2 aromatic carbocycles. The molecule has 1 aliphatic carbocycles. The SMILES string of the molecule is C[C@H](C[C@@H](c1ccc(-c2ccccc2)cc1)N(C)C(=O)[C@@H]1CC[C@@H]1C(=O)O)C(=O)O. The van der Waals surface area contributed by atoms with E-state index in [9.17, 15) is 24.6 Å². The highest BCUT2D eigenvalue weighted by atomic mass is 16.4. The lowest BCUT2D eigenvalue weighted by Gasteiger charge is -2.38. The first-order valence-electron chi connectivity index (χ1n) is 10.2. The molecule has 6 nitrogen and oxygen atoms in total. The first-order valence-corrected chi connectivity index (χ1v) is 10.2. The fourth-order valence-corrected chi connectivity index (χ4v) is 3.99. The quantitative estimate of drug-likeness (QED) is 0.685. The van der Waals surface area contributed by atoms with E-state index < -0.39 is 35.7 Å². The van der Waals surface area contributed by atoms with Crippen LogP contribution in [0.15, 0.2) is 54.6 Å². The average Bonchev–Trinajstić information content (AvgIpc) is 2.70. The van der Waals surface area contributed by atoms with Crippen LogP contribution in [0.1, 0.15) is 37.8 Å². The Kier molecular flexibility index (Phi) is 6.55. The molecule has 1 fully saturated rings. The number of rotatable bonds is 8. The van der Waals surface area contributed by atoms with Crippen molar-refractivity contribution < 1.29 is 24.6 Å². The van der Waals surface area contributed by atoms with Gasteiger partial charge < -0.3 is 15.1 Å². The van der Waals surface area contributed by atoms with Gasteiger partial charge in [0.25, 0.3) is 0 Å². The van der Waals surface area contributed by atoms with E-state index >= 15 is 0 Å². The molecule has 0 unspecified atom stereocenters. The number of aliphatic carboxylic acids is 2. The van der Waals surface area contributed by atoms with Gasteiger partial charge in [0, 0.05) is 7.05 Å². The number of carbonyl (C=O) groups excluding carboxylic acids is 1. The molecule has 6 heteroatoms. The monoisotopic (exact) mass is 409 g/mol. The van der Waals surface area contributed by atoms with Gasteiger partial charge in [-0.2, -0.15) is 0 Å². The second kappa shape index (κ2) is 9.11. The molecule has 30 heavy (non-hydrogen) atoms. The highest BCUT2D eigenvalue weighted by Gasteiger charge is 2.43. The molecule has 0 aliphatic heterocycles. The largest absolute Gasteiger partial charge is 0.481 e. The van der Waals surface area contributed by atoms with E-state index in [0.717, 1.165) is 16.7 Å². The standard InChI is InChI=1S/C24H27NO5/c1-15(23(27)28)14-21(25(2)22(26)19-12-13-20(19)24(29)30)18-10-8-17(9-11-18)16-6-4-3-5-7-16/h3-11,15,19-21H,12-14H2,1-2H3,(H,27,28)(H,29,30)/t15-,19-,20+,21+/m1/s1. The van der Waals surface area contributed by atoms with Crippen LogP contribution in [0, 0.1) is 17.8 Å². The third-order valence-corrected chi connectivity index (χ3v) is 6.12. The first kappa shape index (κ1) is 21.6. The molecule has 0 radical (unpaired) electrons. The lowest BCUT2D eigenvalue weighted by molar-refractivity contribution is -0.157. The Morgan fingerprint density at radius 2 is 1.50 bits per heavy atom. The molecule has 0 bridgehead atoms. The molecule has 0 spiro atoms. The highest BCUT2D eigenvalue weighted by Crippen LogP contribution is 2.38. The van der Waals surface area contributed by atoms with E-state index in [2.05, 4.69) is 0 Å². The fourth-order valence-electron chi connectivity index (χ4n) is 3.99. The molecule has 1 aliphatic rings. The van der Waals surface area contributed by atoms with Gasteiger partial charge in [-0.05, 0) is 36.0 Å². The minimum Gasteiger partial charge on any atom is -0.481 e. The summed E-state index contributed by atoms with van der Waals surface area (Å²) in [5.74, 6) is -3.94. The number of amides is 1. The number of hydrogen-bond acceptors (Lipinski definition) is 3. The number of carboxylic acid groups (broad SMARTS) is 2. The molecule has 0 saturated heterocycles. The van der Waals surface area contributed by atoms with E-state index in [1.54, 1.807) is 14.0 Å². The Balaban J connectivity index is 1.85. The molecule has 0 aromatic heterocycles. The van der Waals surface area contributed by atoms with E-state index in [-0.39, 0.29) is 12.3 Å². The summed E-state index contributed by atoms with van der Waals surface area (Å²) < 4.78 is 0. The maximum atomic E-state index is 13.0. The summed E-state index contributed by atoms with van der Waals surface area (Å²) in [4.78, 5) is 37.4. The Bertz CT molecular complexity index is 909. The molecule has 0 heterocycles. The second-order valence-corrected chi connectivity index (χ2v) is 8.06. The maximum Gasteiger partial charge on any atom is 0.307 e. The second-order valence-electron chi connectivity index (χ2n) is 8.06. The van der Waals surface area contributed by atoms with Crippen LogP contribution >= 0.6 is 0 Å². The molecule has 1 saturated carbocycles. The zero-order chi connectivity index (χ0) is 21.8. The number of benzene rings is 2. The van der Waals surface area contributed by atoms with Gasteiger partial charge in [-0.25, -0.2) is 0 Å². The first-order chi connectivity index (χ1) is 14.3. The Hall–Kier alpha value is -3.15. The van der Waals surface area contributed by atoms with Crippen LogP contribution < -0.4 is 0 Å².